The number of aromatic nitrogens is 5. The monoisotopic (exact) mass is 484 g/mol. The Kier molecular flexibility index (Phi) is 6.36. The van der Waals surface area contributed by atoms with Crippen LogP contribution in [0.1, 0.15) is 32.3 Å². The number of sulfonamides is 1. The van der Waals surface area contributed by atoms with Gasteiger partial charge in [-0.15, -0.1) is 0 Å². The van der Waals surface area contributed by atoms with Crippen molar-refractivity contribution in [1.82, 2.24) is 29.0 Å². The number of rotatable bonds is 7. The number of amides is 1. The van der Waals surface area contributed by atoms with Crippen LogP contribution in [-0.4, -0.2) is 62.5 Å². The molecule has 34 heavy (non-hydrogen) atoms. The maximum absolute atomic E-state index is 12.8. The number of nitrogens with two attached hydrogens (primary N) is 1. The van der Waals surface area contributed by atoms with Gasteiger partial charge in [0.15, 0.2) is 5.03 Å². The second kappa shape index (κ2) is 9.11. The topological polar surface area (TPSA) is 149 Å². The highest BCUT2D eigenvalue weighted by molar-refractivity contribution is 7.89. The van der Waals surface area contributed by atoms with E-state index < -0.39 is 21.5 Å². The number of carbonyl (C=O) groups is 1. The van der Waals surface area contributed by atoms with E-state index in [0.29, 0.717) is 37.6 Å². The number of aryl methyl sites for hydroxylation is 1. The summed E-state index contributed by atoms with van der Waals surface area (Å²) in [5, 5.41) is 7.68. The lowest BCUT2D eigenvalue weighted by Gasteiger charge is -2.31. The molecule has 0 unspecified atom stereocenters. The largest absolute Gasteiger partial charge is 0.368 e. The minimum Gasteiger partial charge on any atom is -0.368 e. The minimum atomic E-state index is -3.60. The fourth-order valence-corrected chi connectivity index (χ4v) is 5.12. The van der Waals surface area contributed by atoms with E-state index in [1.807, 2.05) is 6.92 Å². The van der Waals surface area contributed by atoms with Crippen molar-refractivity contribution in [2.45, 2.75) is 50.2 Å². The fourth-order valence-electron chi connectivity index (χ4n) is 3.72. The molecule has 1 amide bonds. The molecule has 3 aromatic heterocycles. The van der Waals surface area contributed by atoms with Crippen molar-refractivity contribution in [3.8, 4) is 11.3 Å². The molecule has 0 aliphatic carbocycles. The molecule has 0 atom stereocenters. The highest BCUT2D eigenvalue weighted by Gasteiger charge is 2.31. The van der Waals surface area contributed by atoms with Crippen LogP contribution in [0, 0.1) is 6.92 Å². The van der Waals surface area contributed by atoms with Crippen molar-refractivity contribution >= 4 is 21.9 Å². The Labute approximate surface area is 198 Å². The van der Waals surface area contributed by atoms with Gasteiger partial charge in [-0.2, -0.15) is 9.40 Å². The van der Waals surface area contributed by atoms with E-state index in [4.69, 9.17) is 5.73 Å². The maximum atomic E-state index is 12.8. The average Bonchev–Trinajstić information content (AvgIpc) is 3.32. The number of nitrogens with one attached hydrogen (secondary N) is 1. The molecular weight excluding hydrogens is 456 g/mol. The molecule has 12 heteroatoms. The number of anilines is 1. The Morgan fingerprint density at radius 1 is 1.18 bits per heavy atom. The summed E-state index contributed by atoms with van der Waals surface area (Å²) in [7, 11) is -3.60. The van der Waals surface area contributed by atoms with E-state index in [0.717, 1.165) is 11.1 Å². The molecule has 3 aromatic rings. The zero-order valence-electron chi connectivity index (χ0n) is 19.3. The molecule has 180 valence electrons. The van der Waals surface area contributed by atoms with E-state index in [-0.39, 0.29) is 11.1 Å². The van der Waals surface area contributed by atoms with Crippen molar-refractivity contribution in [1.29, 1.82) is 0 Å². The lowest BCUT2D eigenvalue weighted by molar-refractivity contribution is -0.125. The van der Waals surface area contributed by atoms with Crippen LogP contribution in [0.3, 0.4) is 0 Å². The van der Waals surface area contributed by atoms with Crippen LogP contribution in [0.2, 0.25) is 0 Å². The van der Waals surface area contributed by atoms with Gasteiger partial charge in [-0.05, 0) is 51.3 Å². The quantitative estimate of drug-likeness (QED) is 0.513. The third-order valence-electron chi connectivity index (χ3n) is 6.03. The van der Waals surface area contributed by atoms with E-state index in [9.17, 15) is 13.2 Å². The highest BCUT2D eigenvalue weighted by atomic mass is 32.2. The maximum Gasteiger partial charge on any atom is 0.260 e. The molecular formula is C22H28N8O3S. The van der Waals surface area contributed by atoms with Gasteiger partial charge in [-0.25, -0.2) is 23.4 Å². The Morgan fingerprint density at radius 3 is 2.56 bits per heavy atom. The van der Waals surface area contributed by atoms with E-state index in [2.05, 4.69) is 25.4 Å². The lowest BCUT2D eigenvalue weighted by Crippen LogP contribution is -2.42. The summed E-state index contributed by atoms with van der Waals surface area (Å²) in [5.41, 5.74) is 6.83. The average molecular weight is 485 g/mol. The summed E-state index contributed by atoms with van der Waals surface area (Å²) in [5.74, 6) is -0.0335. The van der Waals surface area contributed by atoms with Crippen molar-refractivity contribution in [2.75, 3.05) is 18.4 Å². The molecule has 0 saturated carbocycles. The Bertz CT molecular complexity index is 1280. The first-order valence-corrected chi connectivity index (χ1v) is 12.4. The van der Waals surface area contributed by atoms with Crippen LogP contribution in [-0.2, 0) is 20.4 Å². The van der Waals surface area contributed by atoms with Crippen LogP contribution in [0.4, 0.5) is 5.95 Å². The molecule has 4 heterocycles. The molecule has 1 saturated heterocycles. The molecule has 4 rings (SSSR count). The van der Waals surface area contributed by atoms with Gasteiger partial charge in [0.1, 0.15) is 5.54 Å². The molecule has 1 aliphatic rings. The smallest absolute Gasteiger partial charge is 0.260 e. The van der Waals surface area contributed by atoms with Crippen LogP contribution >= 0.6 is 0 Å². The highest BCUT2D eigenvalue weighted by Crippen LogP contribution is 2.25. The van der Waals surface area contributed by atoms with Crippen molar-refractivity contribution in [3.63, 3.8) is 0 Å². The fraction of sp³-hybridized carbons (Fsp3) is 0.409. The lowest BCUT2D eigenvalue weighted by atomic mass is 10.1. The Morgan fingerprint density at radius 2 is 1.91 bits per heavy atom. The Hall–Kier alpha value is -3.38. The molecule has 0 aromatic carbocycles. The SMILES string of the molecule is Cc1cnc(NC2CCN(S(=O)(=O)c3ccccn3)CC2)nc1-c1cnn(C(C)(C)C(N)=O)c1. The minimum absolute atomic E-state index is 0.0299. The van der Waals surface area contributed by atoms with E-state index in [1.165, 1.54) is 21.3 Å². The van der Waals surface area contributed by atoms with Gasteiger partial charge in [0.05, 0.1) is 11.9 Å². The number of nitrogens with zero attached hydrogens (tertiary/aromatic N) is 6. The summed E-state index contributed by atoms with van der Waals surface area (Å²) < 4.78 is 28.6. The third kappa shape index (κ3) is 4.64. The summed E-state index contributed by atoms with van der Waals surface area (Å²) in [6.45, 7) is 6.06. The van der Waals surface area contributed by atoms with Gasteiger partial charge >= 0.3 is 0 Å². The van der Waals surface area contributed by atoms with Gasteiger partial charge in [-0.3, -0.25) is 9.48 Å². The van der Waals surface area contributed by atoms with Gasteiger partial charge in [-0.1, -0.05) is 6.07 Å². The van der Waals surface area contributed by atoms with Crippen LogP contribution in [0.25, 0.3) is 11.3 Å². The molecule has 1 aliphatic heterocycles. The van der Waals surface area contributed by atoms with Gasteiger partial charge in [0.25, 0.3) is 10.0 Å². The summed E-state index contributed by atoms with van der Waals surface area (Å²) in [6.07, 6.45) is 7.82. The molecule has 0 radical (unpaired) electrons. The third-order valence-corrected chi connectivity index (χ3v) is 7.85. The number of hydrogen-bond donors (Lipinski definition) is 2. The normalized spacial score (nSPS) is 15.9. The summed E-state index contributed by atoms with van der Waals surface area (Å²) in [6, 6.07) is 4.89. The van der Waals surface area contributed by atoms with Crippen molar-refractivity contribution < 1.29 is 13.2 Å². The zero-order valence-corrected chi connectivity index (χ0v) is 20.2. The first-order valence-electron chi connectivity index (χ1n) is 11.0. The van der Waals surface area contributed by atoms with E-state index >= 15 is 0 Å². The molecule has 11 nitrogen and oxygen atoms in total. The van der Waals surface area contributed by atoms with Crippen LogP contribution in [0.5, 0.6) is 0 Å². The van der Waals surface area contributed by atoms with Gasteiger partial charge in [0.2, 0.25) is 11.9 Å². The zero-order chi connectivity index (χ0) is 24.5. The van der Waals surface area contributed by atoms with Crippen LogP contribution in [0.15, 0.2) is 48.0 Å². The van der Waals surface area contributed by atoms with Crippen molar-refractivity contribution in [2.24, 2.45) is 5.73 Å². The molecule has 3 N–H and O–H groups in total. The number of pyridine rings is 1. The molecule has 0 spiro atoms. The van der Waals surface area contributed by atoms with E-state index in [1.54, 1.807) is 44.6 Å². The van der Waals surface area contributed by atoms with Crippen LogP contribution < -0.4 is 11.1 Å². The molecule has 1 fully saturated rings. The second-order valence-corrected chi connectivity index (χ2v) is 10.7. The predicted octanol–water partition coefficient (Wildman–Crippen LogP) is 1.53. The number of piperidine rings is 1. The summed E-state index contributed by atoms with van der Waals surface area (Å²) >= 11 is 0. The van der Waals surface area contributed by atoms with Gasteiger partial charge in [0, 0.05) is 43.3 Å². The first-order chi connectivity index (χ1) is 16.1. The Balaban J connectivity index is 1.45. The molecule has 0 bridgehead atoms. The predicted molar refractivity (Wildman–Crippen MR) is 126 cm³/mol. The number of carbonyl (C=O) groups excluding carboxylic acids is 1. The van der Waals surface area contributed by atoms with Crippen molar-refractivity contribution in [3.05, 3.63) is 48.5 Å². The summed E-state index contributed by atoms with van der Waals surface area (Å²) in [4.78, 5) is 24.8. The second-order valence-electron chi connectivity index (χ2n) is 8.81. The number of primary amides is 1. The van der Waals surface area contributed by atoms with Gasteiger partial charge < -0.3 is 11.1 Å². The standard InChI is InChI=1S/C22H28N8O3S/c1-15-12-25-21(28-19(15)16-13-26-30(14-16)22(2,3)20(23)31)27-17-7-10-29(11-8-17)34(32,33)18-6-4-5-9-24-18/h4-6,9,12-14,17H,7-8,10-11H2,1-3H3,(H2,23,31)(H,25,27,28). The first kappa shape index (κ1) is 23.8. The number of hydrogen-bond acceptors (Lipinski definition) is 8.